The number of carbonyl (C=O) groups is 2. The minimum atomic E-state index is -5.01. The molecule has 160 valence electrons. The number of phenols is 1. The molecule has 3 atom stereocenters. The highest BCUT2D eigenvalue weighted by atomic mass is 35.5. The van der Waals surface area contributed by atoms with E-state index >= 15 is 0 Å². The number of Topliss-reactive ketones (excluding diaryl/α,β-unsaturated/α-hetero) is 2. The van der Waals surface area contributed by atoms with Crippen molar-refractivity contribution in [2.24, 2.45) is 0 Å². The molecule has 0 aliphatic heterocycles. The van der Waals surface area contributed by atoms with Gasteiger partial charge in [0.15, 0.2) is 11.6 Å². The van der Waals surface area contributed by atoms with Gasteiger partial charge in [0.2, 0.25) is 0 Å². The Balaban J connectivity index is 2.30. The molecule has 0 bridgehead atoms. The second-order valence-corrected chi connectivity index (χ2v) is 8.61. The lowest BCUT2D eigenvalue weighted by molar-refractivity contribution is -0.274. The molecule has 0 saturated heterocycles. The van der Waals surface area contributed by atoms with Crippen molar-refractivity contribution in [2.45, 2.75) is 28.4 Å². The minimum absolute atomic E-state index is 0.236. The van der Waals surface area contributed by atoms with Crippen molar-refractivity contribution in [2.75, 3.05) is 0 Å². The van der Waals surface area contributed by atoms with Gasteiger partial charge in [0.1, 0.15) is 31.3 Å². The summed E-state index contributed by atoms with van der Waals surface area (Å²) >= 11 is 25.1. The average Bonchev–Trinajstić information content (AvgIpc) is 2.67. The quantitative estimate of drug-likeness (QED) is 0.540. The molecule has 11 heteroatoms. The van der Waals surface area contributed by atoms with Crippen LogP contribution in [0.4, 0.5) is 13.2 Å². The molecule has 0 radical (unpaired) electrons. The molecule has 4 nitrogen and oxygen atoms in total. The molecule has 0 heterocycles. The number of benzene rings is 1. The van der Waals surface area contributed by atoms with E-state index < -0.39 is 55.2 Å². The molecule has 1 N–H and O–H groups in total. The van der Waals surface area contributed by atoms with Gasteiger partial charge >= 0.3 is 6.36 Å². The lowest BCUT2D eigenvalue weighted by Gasteiger charge is -2.50. The summed E-state index contributed by atoms with van der Waals surface area (Å²) in [5.41, 5.74) is -0.00404. The van der Waals surface area contributed by atoms with E-state index in [1.165, 1.54) is 12.2 Å². The van der Waals surface area contributed by atoms with Crippen LogP contribution in [-0.4, -0.2) is 32.8 Å². The second-order valence-electron chi connectivity index (χ2n) is 6.61. The van der Waals surface area contributed by atoms with Crippen molar-refractivity contribution in [3.63, 3.8) is 0 Å². The van der Waals surface area contributed by atoms with Crippen molar-refractivity contribution < 1.29 is 32.6 Å². The van der Waals surface area contributed by atoms with Crippen molar-refractivity contribution >= 4 is 58.0 Å². The molecule has 0 fully saturated rings. The lowest BCUT2D eigenvalue weighted by atomic mass is 9.62. The summed E-state index contributed by atoms with van der Waals surface area (Å²) in [6.45, 7) is 3.61. The first kappa shape index (κ1) is 23.0. The normalized spacial score (nSPS) is 29.4. The Kier molecular flexibility index (Phi) is 5.74. The molecule has 3 rings (SSSR count). The number of carbonyl (C=O) groups excluding carboxylic acids is 2. The lowest BCUT2D eigenvalue weighted by Crippen LogP contribution is -2.64. The number of halogens is 7. The van der Waals surface area contributed by atoms with Crippen molar-refractivity contribution in [3.05, 3.63) is 58.1 Å². The second kappa shape index (κ2) is 7.48. The van der Waals surface area contributed by atoms with Crippen molar-refractivity contribution in [1.82, 2.24) is 0 Å². The number of aromatic hydroxyl groups is 1. The first-order valence-electron chi connectivity index (χ1n) is 8.21. The Morgan fingerprint density at radius 2 is 1.77 bits per heavy atom. The van der Waals surface area contributed by atoms with Gasteiger partial charge in [0.25, 0.3) is 0 Å². The maximum absolute atomic E-state index is 13.1. The molecule has 0 aromatic heterocycles. The van der Waals surface area contributed by atoms with Crippen LogP contribution in [0.1, 0.15) is 17.9 Å². The number of allylic oxidation sites excluding steroid dienone is 5. The van der Waals surface area contributed by atoms with Crippen LogP contribution >= 0.6 is 46.4 Å². The van der Waals surface area contributed by atoms with Gasteiger partial charge in [-0.3, -0.25) is 9.59 Å². The standard InChI is InChI=1S/C19H11Cl4F3O4/c1-2-8-5-6-17(22)15(28)13(20)14(21)16(29)18(17,23)12(8)10-7-9(3-4-11(10)27)30-19(24,25)26/h2-5,7,12,27H,1,6H2. The van der Waals surface area contributed by atoms with E-state index in [-0.39, 0.29) is 17.6 Å². The number of rotatable bonds is 3. The summed E-state index contributed by atoms with van der Waals surface area (Å²) in [7, 11) is 0. The van der Waals surface area contributed by atoms with Gasteiger partial charge in [0.05, 0.1) is 0 Å². The van der Waals surface area contributed by atoms with E-state index in [0.29, 0.717) is 0 Å². The van der Waals surface area contributed by atoms with E-state index in [9.17, 15) is 27.9 Å². The third-order valence-electron chi connectivity index (χ3n) is 4.99. The molecular weight excluding hydrogens is 491 g/mol. The van der Waals surface area contributed by atoms with Crippen LogP contribution in [-0.2, 0) is 9.59 Å². The highest BCUT2D eigenvalue weighted by Crippen LogP contribution is 2.60. The van der Waals surface area contributed by atoms with E-state index in [1.807, 2.05) is 0 Å². The summed E-state index contributed by atoms with van der Waals surface area (Å²) < 4.78 is 41.9. The molecule has 30 heavy (non-hydrogen) atoms. The Hall–Kier alpha value is -1.67. The summed E-state index contributed by atoms with van der Waals surface area (Å²) in [5.74, 6) is -4.52. The first-order chi connectivity index (χ1) is 13.8. The predicted molar refractivity (Wildman–Crippen MR) is 106 cm³/mol. The van der Waals surface area contributed by atoms with Gasteiger partial charge in [-0.2, -0.15) is 0 Å². The van der Waals surface area contributed by atoms with E-state index in [4.69, 9.17) is 46.4 Å². The number of phenolic OH excluding ortho intramolecular Hbond substituents is 1. The van der Waals surface area contributed by atoms with Crippen molar-refractivity contribution in [1.29, 1.82) is 0 Å². The number of hydrogen-bond donors (Lipinski definition) is 1. The predicted octanol–water partition coefficient (Wildman–Crippen LogP) is 5.69. The monoisotopic (exact) mass is 500 g/mol. The zero-order valence-corrected chi connectivity index (χ0v) is 17.7. The highest BCUT2D eigenvalue weighted by Gasteiger charge is 2.68. The summed E-state index contributed by atoms with van der Waals surface area (Å²) in [6.07, 6.45) is -2.52. The molecule has 0 amide bonds. The molecule has 2 aliphatic carbocycles. The molecular formula is C19H11Cl4F3O4. The Bertz CT molecular complexity index is 1030. The smallest absolute Gasteiger partial charge is 0.508 e. The number of alkyl halides is 5. The van der Waals surface area contributed by atoms with Crippen LogP contribution in [0, 0.1) is 0 Å². The number of hydrogen-bond acceptors (Lipinski definition) is 4. The third kappa shape index (κ3) is 3.32. The third-order valence-corrected chi connectivity index (χ3v) is 7.24. The molecule has 1 aromatic carbocycles. The number of ketones is 2. The largest absolute Gasteiger partial charge is 0.573 e. The van der Waals surface area contributed by atoms with Gasteiger partial charge in [-0.15, -0.1) is 36.4 Å². The first-order valence-corrected chi connectivity index (χ1v) is 9.73. The van der Waals surface area contributed by atoms with Gasteiger partial charge in [-0.1, -0.05) is 41.9 Å². The fourth-order valence-electron chi connectivity index (χ4n) is 3.64. The van der Waals surface area contributed by atoms with E-state index in [1.54, 1.807) is 0 Å². The van der Waals surface area contributed by atoms with Crippen LogP contribution in [0.25, 0.3) is 0 Å². The van der Waals surface area contributed by atoms with Gasteiger partial charge in [0, 0.05) is 11.5 Å². The summed E-state index contributed by atoms with van der Waals surface area (Å²) in [5, 5.41) is 9.13. The fraction of sp³-hybridized carbons (Fsp3) is 0.263. The zero-order chi connectivity index (χ0) is 22.6. The molecule has 0 spiro atoms. The van der Waals surface area contributed by atoms with Crippen LogP contribution < -0.4 is 4.74 Å². The van der Waals surface area contributed by atoms with E-state index in [0.717, 1.165) is 18.2 Å². The van der Waals surface area contributed by atoms with E-state index in [2.05, 4.69) is 11.3 Å². The maximum atomic E-state index is 13.1. The molecule has 1 aromatic rings. The summed E-state index contributed by atoms with van der Waals surface area (Å²) in [4.78, 5) is 21.5. The SMILES string of the molecule is C=CC1=CCC2(Cl)C(=O)C(Cl)=C(Cl)C(=O)C2(Cl)C1c1cc(OC(F)(F)F)ccc1O. The molecule has 0 saturated carbocycles. The molecule has 2 aliphatic rings. The van der Waals surface area contributed by atoms with Crippen LogP contribution in [0.3, 0.4) is 0 Å². The topological polar surface area (TPSA) is 63.6 Å². The molecule has 3 unspecified atom stereocenters. The van der Waals surface area contributed by atoms with Gasteiger partial charge in [-0.25, -0.2) is 0 Å². The minimum Gasteiger partial charge on any atom is -0.508 e. The van der Waals surface area contributed by atoms with Gasteiger partial charge in [-0.05, 0) is 30.2 Å². The summed E-state index contributed by atoms with van der Waals surface area (Å²) in [6, 6.07) is 2.66. The van der Waals surface area contributed by atoms with Crippen LogP contribution in [0.15, 0.2) is 52.6 Å². The average molecular weight is 502 g/mol. The van der Waals surface area contributed by atoms with Crippen LogP contribution in [0.2, 0.25) is 0 Å². The maximum Gasteiger partial charge on any atom is 0.573 e. The Labute approximate surface area is 188 Å². The van der Waals surface area contributed by atoms with Crippen LogP contribution in [0.5, 0.6) is 11.5 Å². The van der Waals surface area contributed by atoms with Gasteiger partial charge < -0.3 is 9.84 Å². The Morgan fingerprint density at radius 3 is 2.33 bits per heavy atom. The van der Waals surface area contributed by atoms with Crippen molar-refractivity contribution in [3.8, 4) is 11.5 Å². The number of ether oxygens (including phenoxy) is 1. The zero-order valence-electron chi connectivity index (χ0n) is 14.7. The fourth-order valence-corrected chi connectivity index (χ4v) is 5.09. The Morgan fingerprint density at radius 1 is 1.17 bits per heavy atom. The highest BCUT2D eigenvalue weighted by molar-refractivity contribution is 6.66. The number of fused-ring (bicyclic) bond motifs is 1.